The largest absolute Gasteiger partial charge is 0.500 e. The minimum Gasteiger partial charge on any atom is -0.377 e. The SMILES string of the molecule is CCCC(=O)NCCC[Si](OC)(OC)OC. The molecular weight excluding hydrogens is 226 g/mol. The summed E-state index contributed by atoms with van der Waals surface area (Å²) in [4.78, 5) is 11.2. The van der Waals surface area contributed by atoms with Crippen LogP contribution in [-0.4, -0.2) is 42.6 Å². The predicted molar refractivity (Wildman–Crippen MR) is 64.1 cm³/mol. The zero-order chi connectivity index (χ0) is 12.4. The summed E-state index contributed by atoms with van der Waals surface area (Å²) in [5, 5.41) is 2.85. The smallest absolute Gasteiger partial charge is 0.377 e. The molecule has 1 N–H and O–H groups in total. The molecule has 1 amide bonds. The lowest BCUT2D eigenvalue weighted by atomic mass is 10.3. The van der Waals surface area contributed by atoms with Crippen molar-refractivity contribution in [1.82, 2.24) is 5.32 Å². The zero-order valence-electron chi connectivity index (χ0n) is 10.7. The lowest BCUT2D eigenvalue weighted by molar-refractivity contribution is -0.121. The Balaban J connectivity index is 3.74. The van der Waals surface area contributed by atoms with E-state index in [9.17, 15) is 4.79 Å². The Morgan fingerprint density at radius 3 is 2.19 bits per heavy atom. The Kier molecular flexibility index (Phi) is 8.45. The summed E-state index contributed by atoms with van der Waals surface area (Å²) in [7, 11) is 2.32. The van der Waals surface area contributed by atoms with Gasteiger partial charge in [-0.05, 0) is 12.8 Å². The fraction of sp³-hybridized carbons (Fsp3) is 0.900. The van der Waals surface area contributed by atoms with Gasteiger partial charge in [0.25, 0.3) is 0 Å². The van der Waals surface area contributed by atoms with Crippen molar-refractivity contribution in [2.75, 3.05) is 27.9 Å². The molecule has 0 atom stereocenters. The zero-order valence-corrected chi connectivity index (χ0v) is 11.7. The van der Waals surface area contributed by atoms with Gasteiger partial charge in [0.05, 0.1) is 0 Å². The molecule has 0 heterocycles. The average molecular weight is 249 g/mol. The molecule has 0 radical (unpaired) electrons. The second-order valence-electron chi connectivity index (χ2n) is 3.50. The first-order chi connectivity index (χ1) is 7.64. The van der Waals surface area contributed by atoms with Crippen molar-refractivity contribution in [2.45, 2.75) is 32.2 Å². The van der Waals surface area contributed by atoms with Crippen LogP contribution in [0, 0.1) is 0 Å². The fourth-order valence-electron chi connectivity index (χ4n) is 1.40. The number of hydrogen-bond acceptors (Lipinski definition) is 4. The standard InChI is InChI=1S/C10H23NO4Si/c1-5-7-10(12)11-8-6-9-16(13-2,14-3)15-4/h5-9H2,1-4H3,(H,11,12). The van der Waals surface area contributed by atoms with Crippen LogP contribution in [0.15, 0.2) is 0 Å². The van der Waals surface area contributed by atoms with E-state index in [1.807, 2.05) is 6.92 Å². The average Bonchev–Trinajstić information content (AvgIpc) is 2.31. The lowest BCUT2D eigenvalue weighted by Gasteiger charge is -2.24. The number of amides is 1. The van der Waals surface area contributed by atoms with E-state index in [0.29, 0.717) is 19.0 Å². The quantitative estimate of drug-likeness (QED) is 0.492. The van der Waals surface area contributed by atoms with Crippen molar-refractivity contribution in [3.8, 4) is 0 Å². The van der Waals surface area contributed by atoms with Gasteiger partial charge < -0.3 is 18.6 Å². The molecule has 0 bridgehead atoms. The summed E-state index contributed by atoms with van der Waals surface area (Å²) in [6.07, 6.45) is 2.26. The molecule has 0 aliphatic rings. The normalized spacial score (nSPS) is 11.5. The molecule has 5 nitrogen and oxygen atoms in total. The van der Waals surface area contributed by atoms with Crippen LogP contribution >= 0.6 is 0 Å². The summed E-state index contributed by atoms with van der Waals surface area (Å²) in [6.45, 7) is 2.63. The topological polar surface area (TPSA) is 56.8 Å². The first-order valence-corrected chi connectivity index (χ1v) is 7.49. The van der Waals surface area contributed by atoms with Crippen LogP contribution in [0.3, 0.4) is 0 Å². The van der Waals surface area contributed by atoms with Crippen LogP contribution in [0.25, 0.3) is 0 Å². The third kappa shape index (κ3) is 5.60. The van der Waals surface area contributed by atoms with Gasteiger partial charge in [0, 0.05) is 40.3 Å². The lowest BCUT2D eigenvalue weighted by Crippen LogP contribution is -2.43. The van der Waals surface area contributed by atoms with E-state index in [2.05, 4.69) is 5.32 Å². The monoisotopic (exact) mass is 249 g/mol. The first kappa shape index (κ1) is 15.6. The number of carbonyl (C=O) groups excluding carboxylic acids is 1. The maximum absolute atomic E-state index is 11.2. The number of carbonyl (C=O) groups is 1. The predicted octanol–water partition coefficient (Wildman–Crippen LogP) is 1.17. The van der Waals surface area contributed by atoms with Gasteiger partial charge in [0.15, 0.2) is 0 Å². The Labute approximate surface area is 98.8 Å². The van der Waals surface area contributed by atoms with E-state index in [1.165, 1.54) is 0 Å². The molecule has 0 saturated heterocycles. The Morgan fingerprint density at radius 1 is 1.19 bits per heavy atom. The number of hydrogen-bond donors (Lipinski definition) is 1. The summed E-state index contributed by atoms with van der Waals surface area (Å²) in [5.41, 5.74) is 0. The highest BCUT2D eigenvalue weighted by molar-refractivity contribution is 6.60. The van der Waals surface area contributed by atoms with E-state index in [1.54, 1.807) is 21.3 Å². The van der Waals surface area contributed by atoms with E-state index in [0.717, 1.165) is 12.8 Å². The van der Waals surface area contributed by atoms with E-state index in [-0.39, 0.29) is 5.91 Å². The second-order valence-corrected chi connectivity index (χ2v) is 6.59. The third-order valence-electron chi connectivity index (χ3n) is 2.39. The van der Waals surface area contributed by atoms with Crippen LogP contribution in [0.5, 0.6) is 0 Å². The Morgan fingerprint density at radius 2 is 1.75 bits per heavy atom. The van der Waals surface area contributed by atoms with Gasteiger partial charge in [-0.1, -0.05) is 6.92 Å². The maximum atomic E-state index is 11.2. The minimum absolute atomic E-state index is 0.0991. The van der Waals surface area contributed by atoms with Crippen molar-refractivity contribution in [1.29, 1.82) is 0 Å². The molecule has 6 heteroatoms. The van der Waals surface area contributed by atoms with E-state index in [4.69, 9.17) is 13.3 Å². The molecule has 0 rings (SSSR count). The molecule has 0 aliphatic carbocycles. The van der Waals surface area contributed by atoms with Gasteiger partial charge in [0.1, 0.15) is 0 Å². The molecule has 0 aromatic rings. The van der Waals surface area contributed by atoms with Crippen LogP contribution in [0.2, 0.25) is 6.04 Å². The molecule has 0 aromatic carbocycles. The van der Waals surface area contributed by atoms with Gasteiger partial charge in [-0.2, -0.15) is 0 Å². The van der Waals surface area contributed by atoms with Crippen LogP contribution in [0.4, 0.5) is 0 Å². The summed E-state index contributed by atoms with van der Waals surface area (Å²) >= 11 is 0. The molecular formula is C10H23NO4Si. The Bertz CT molecular complexity index is 189. The molecule has 0 aliphatic heterocycles. The molecule has 0 saturated carbocycles. The van der Waals surface area contributed by atoms with Crippen LogP contribution in [0.1, 0.15) is 26.2 Å². The van der Waals surface area contributed by atoms with Crippen LogP contribution < -0.4 is 5.32 Å². The van der Waals surface area contributed by atoms with Crippen molar-refractivity contribution < 1.29 is 18.1 Å². The highest BCUT2D eigenvalue weighted by Crippen LogP contribution is 2.14. The maximum Gasteiger partial charge on any atom is 0.500 e. The minimum atomic E-state index is -2.46. The molecule has 0 fully saturated rings. The Hall–Kier alpha value is -0.433. The fourth-order valence-corrected chi connectivity index (χ4v) is 3.13. The molecule has 16 heavy (non-hydrogen) atoms. The van der Waals surface area contributed by atoms with Crippen molar-refractivity contribution >= 4 is 14.7 Å². The molecule has 0 unspecified atom stereocenters. The van der Waals surface area contributed by atoms with E-state index >= 15 is 0 Å². The highest BCUT2D eigenvalue weighted by Gasteiger charge is 2.36. The third-order valence-corrected chi connectivity index (χ3v) is 5.22. The van der Waals surface area contributed by atoms with Gasteiger partial charge in [-0.25, -0.2) is 0 Å². The van der Waals surface area contributed by atoms with Gasteiger partial charge in [0.2, 0.25) is 5.91 Å². The summed E-state index contributed by atoms with van der Waals surface area (Å²) in [5.74, 6) is 0.0991. The number of nitrogens with one attached hydrogen (secondary N) is 1. The molecule has 0 spiro atoms. The van der Waals surface area contributed by atoms with Crippen molar-refractivity contribution in [2.24, 2.45) is 0 Å². The van der Waals surface area contributed by atoms with Gasteiger partial charge in [-0.15, -0.1) is 0 Å². The van der Waals surface area contributed by atoms with Crippen molar-refractivity contribution in [3.63, 3.8) is 0 Å². The molecule has 96 valence electrons. The van der Waals surface area contributed by atoms with E-state index < -0.39 is 8.80 Å². The summed E-state index contributed by atoms with van der Waals surface area (Å²) in [6, 6.07) is 0.711. The number of rotatable bonds is 9. The van der Waals surface area contributed by atoms with Gasteiger partial charge in [-0.3, -0.25) is 4.79 Å². The highest BCUT2D eigenvalue weighted by atomic mass is 28.4. The van der Waals surface area contributed by atoms with Gasteiger partial charge >= 0.3 is 8.80 Å². The molecule has 0 aromatic heterocycles. The first-order valence-electron chi connectivity index (χ1n) is 5.56. The van der Waals surface area contributed by atoms with Crippen LogP contribution in [-0.2, 0) is 18.1 Å². The summed E-state index contributed by atoms with van der Waals surface area (Å²) < 4.78 is 15.8. The van der Waals surface area contributed by atoms with Crippen molar-refractivity contribution in [3.05, 3.63) is 0 Å². The second kappa shape index (κ2) is 8.69.